The standard InChI is InChI=1S/C30H27ClN2O4/c1-2-36-28-19-23(15-18-27(28)37-21-22-13-16-26(31)17-14-22)20-32-33-29(34)30(35,24-9-5-3-6-10-24)25-11-7-4-8-12-25/h3-20,35H,2,21H2,1H3,(H,33,34)/b32-20-. The van der Waals surface area contributed by atoms with Crippen molar-refractivity contribution in [1.29, 1.82) is 0 Å². The molecule has 0 radical (unpaired) electrons. The number of amides is 1. The van der Waals surface area contributed by atoms with Gasteiger partial charge in [0.1, 0.15) is 6.61 Å². The van der Waals surface area contributed by atoms with Gasteiger partial charge in [-0.2, -0.15) is 5.10 Å². The van der Waals surface area contributed by atoms with E-state index in [4.69, 9.17) is 21.1 Å². The van der Waals surface area contributed by atoms with Gasteiger partial charge in [0.2, 0.25) is 0 Å². The van der Waals surface area contributed by atoms with E-state index in [0.717, 1.165) is 5.56 Å². The molecule has 0 spiro atoms. The van der Waals surface area contributed by atoms with Crippen LogP contribution in [0.4, 0.5) is 0 Å². The Morgan fingerprint density at radius 2 is 1.51 bits per heavy atom. The number of hydrogen-bond donors (Lipinski definition) is 2. The van der Waals surface area contributed by atoms with Gasteiger partial charge < -0.3 is 14.6 Å². The topological polar surface area (TPSA) is 80.2 Å². The van der Waals surface area contributed by atoms with Gasteiger partial charge in [0, 0.05) is 5.02 Å². The highest BCUT2D eigenvalue weighted by atomic mass is 35.5. The highest BCUT2D eigenvalue weighted by Crippen LogP contribution is 2.31. The summed E-state index contributed by atoms with van der Waals surface area (Å²) >= 11 is 5.95. The first-order chi connectivity index (χ1) is 18.0. The van der Waals surface area contributed by atoms with Crippen LogP contribution >= 0.6 is 11.6 Å². The molecule has 0 aromatic heterocycles. The molecule has 4 rings (SSSR count). The summed E-state index contributed by atoms with van der Waals surface area (Å²) in [5.74, 6) is 0.464. The zero-order valence-corrected chi connectivity index (χ0v) is 21.1. The molecule has 0 aliphatic heterocycles. The Bertz CT molecular complexity index is 1300. The van der Waals surface area contributed by atoms with Crippen molar-refractivity contribution in [2.45, 2.75) is 19.1 Å². The van der Waals surface area contributed by atoms with Crippen molar-refractivity contribution in [3.8, 4) is 11.5 Å². The highest BCUT2D eigenvalue weighted by molar-refractivity contribution is 6.30. The van der Waals surface area contributed by atoms with Crippen LogP contribution in [0.25, 0.3) is 0 Å². The molecule has 1 amide bonds. The molecule has 0 heterocycles. The van der Waals surface area contributed by atoms with E-state index in [0.29, 0.717) is 46.4 Å². The molecule has 6 nitrogen and oxygen atoms in total. The van der Waals surface area contributed by atoms with Crippen molar-refractivity contribution in [2.75, 3.05) is 6.61 Å². The van der Waals surface area contributed by atoms with Gasteiger partial charge in [-0.05, 0) is 59.5 Å². The Hall–Kier alpha value is -4.13. The van der Waals surface area contributed by atoms with Crippen LogP contribution in [0.3, 0.4) is 0 Å². The highest BCUT2D eigenvalue weighted by Gasteiger charge is 2.39. The number of ether oxygens (including phenoxy) is 2. The molecule has 0 saturated heterocycles. The fraction of sp³-hybridized carbons (Fsp3) is 0.133. The number of carbonyl (C=O) groups excluding carboxylic acids is 1. The van der Waals surface area contributed by atoms with Crippen molar-refractivity contribution >= 4 is 23.7 Å². The van der Waals surface area contributed by atoms with E-state index in [2.05, 4.69) is 10.5 Å². The summed E-state index contributed by atoms with van der Waals surface area (Å²) in [6, 6.07) is 30.3. The second kappa shape index (κ2) is 12.2. The molecule has 188 valence electrons. The molecule has 0 unspecified atom stereocenters. The smallest absolute Gasteiger partial charge is 0.281 e. The van der Waals surface area contributed by atoms with Crippen LogP contribution in [-0.2, 0) is 17.0 Å². The van der Waals surface area contributed by atoms with Crippen molar-refractivity contribution in [3.05, 3.63) is 130 Å². The lowest BCUT2D eigenvalue weighted by molar-refractivity contribution is -0.136. The van der Waals surface area contributed by atoms with Crippen LogP contribution < -0.4 is 14.9 Å². The molecular weight excluding hydrogens is 488 g/mol. The van der Waals surface area contributed by atoms with Gasteiger partial charge in [-0.25, -0.2) is 5.43 Å². The molecule has 0 bridgehead atoms. The van der Waals surface area contributed by atoms with E-state index in [1.165, 1.54) is 6.21 Å². The van der Waals surface area contributed by atoms with E-state index in [9.17, 15) is 9.90 Å². The van der Waals surface area contributed by atoms with E-state index in [-0.39, 0.29) is 0 Å². The predicted octanol–water partition coefficient (Wildman–Crippen LogP) is 5.70. The second-order valence-corrected chi connectivity index (χ2v) is 8.63. The van der Waals surface area contributed by atoms with Crippen LogP contribution in [-0.4, -0.2) is 23.8 Å². The van der Waals surface area contributed by atoms with Gasteiger partial charge in [-0.15, -0.1) is 0 Å². The van der Waals surface area contributed by atoms with Gasteiger partial charge in [-0.1, -0.05) is 84.4 Å². The maximum absolute atomic E-state index is 13.2. The average molecular weight is 515 g/mol. The Morgan fingerprint density at radius 1 is 0.892 bits per heavy atom. The summed E-state index contributed by atoms with van der Waals surface area (Å²) in [6.45, 7) is 2.70. The molecule has 0 saturated carbocycles. The lowest BCUT2D eigenvalue weighted by Gasteiger charge is -2.27. The number of nitrogens with zero attached hydrogens (tertiary/aromatic N) is 1. The minimum Gasteiger partial charge on any atom is -0.490 e. The number of carbonyl (C=O) groups is 1. The molecule has 7 heteroatoms. The number of hydrazone groups is 1. The summed E-state index contributed by atoms with van der Waals surface area (Å²) in [7, 11) is 0. The fourth-order valence-electron chi connectivity index (χ4n) is 3.77. The number of aliphatic hydroxyl groups is 1. The lowest BCUT2D eigenvalue weighted by atomic mass is 9.85. The van der Waals surface area contributed by atoms with Crippen molar-refractivity contribution in [1.82, 2.24) is 5.43 Å². The van der Waals surface area contributed by atoms with Crippen LogP contribution in [0.1, 0.15) is 29.2 Å². The maximum atomic E-state index is 13.2. The molecule has 0 aliphatic carbocycles. The van der Waals surface area contributed by atoms with Gasteiger partial charge in [-0.3, -0.25) is 4.79 Å². The minimum absolute atomic E-state index is 0.359. The van der Waals surface area contributed by atoms with Crippen molar-refractivity contribution in [3.63, 3.8) is 0 Å². The van der Waals surface area contributed by atoms with Gasteiger partial charge in [0.25, 0.3) is 5.91 Å². The molecule has 4 aromatic rings. The van der Waals surface area contributed by atoms with E-state index < -0.39 is 11.5 Å². The van der Waals surface area contributed by atoms with Crippen LogP contribution in [0.15, 0.2) is 108 Å². The van der Waals surface area contributed by atoms with Crippen LogP contribution in [0, 0.1) is 0 Å². The Labute approximate surface area is 221 Å². The number of hydrogen-bond acceptors (Lipinski definition) is 5. The van der Waals surface area contributed by atoms with Gasteiger partial charge >= 0.3 is 0 Å². The lowest BCUT2D eigenvalue weighted by Crippen LogP contribution is -2.43. The Morgan fingerprint density at radius 3 is 2.11 bits per heavy atom. The van der Waals surface area contributed by atoms with Gasteiger partial charge in [0.05, 0.1) is 12.8 Å². The summed E-state index contributed by atoms with van der Waals surface area (Å²) in [6.07, 6.45) is 1.49. The first kappa shape index (κ1) is 25.9. The summed E-state index contributed by atoms with van der Waals surface area (Å²) in [5.41, 5.74) is 3.12. The number of halogens is 1. The molecule has 2 N–H and O–H groups in total. The average Bonchev–Trinajstić information content (AvgIpc) is 2.94. The molecule has 0 aliphatic rings. The Balaban J connectivity index is 1.49. The largest absolute Gasteiger partial charge is 0.490 e. The summed E-state index contributed by atoms with van der Waals surface area (Å²) in [5, 5.41) is 16.3. The first-order valence-corrected chi connectivity index (χ1v) is 12.2. The summed E-state index contributed by atoms with van der Waals surface area (Å²) < 4.78 is 11.7. The zero-order chi connectivity index (χ0) is 26.1. The number of benzene rings is 4. The van der Waals surface area contributed by atoms with E-state index in [1.54, 1.807) is 66.7 Å². The van der Waals surface area contributed by atoms with Gasteiger partial charge in [0.15, 0.2) is 17.1 Å². The molecule has 0 fully saturated rings. The van der Waals surface area contributed by atoms with E-state index >= 15 is 0 Å². The molecule has 37 heavy (non-hydrogen) atoms. The third-order valence-corrected chi connectivity index (χ3v) is 5.92. The number of rotatable bonds is 10. The van der Waals surface area contributed by atoms with Crippen LogP contribution in [0.2, 0.25) is 5.02 Å². The zero-order valence-electron chi connectivity index (χ0n) is 20.3. The maximum Gasteiger partial charge on any atom is 0.281 e. The Kier molecular flexibility index (Phi) is 8.56. The quantitative estimate of drug-likeness (QED) is 0.210. The third kappa shape index (κ3) is 6.36. The normalized spacial score (nSPS) is 11.3. The number of nitrogens with one attached hydrogen (secondary N) is 1. The molecular formula is C30H27ClN2O4. The van der Waals surface area contributed by atoms with Crippen LogP contribution in [0.5, 0.6) is 11.5 Å². The third-order valence-electron chi connectivity index (χ3n) is 5.67. The molecule has 4 aromatic carbocycles. The second-order valence-electron chi connectivity index (χ2n) is 8.20. The SMILES string of the molecule is CCOc1cc(/C=N\NC(=O)C(O)(c2ccccc2)c2ccccc2)ccc1OCc1ccc(Cl)cc1. The van der Waals surface area contributed by atoms with E-state index in [1.807, 2.05) is 43.3 Å². The van der Waals surface area contributed by atoms with Crippen molar-refractivity contribution < 1.29 is 19.4 Å². The van der Waals surface area contributed by atoms with Crippen molar-refractivity contribution in [2.24, 2.45) is 5.10 Å². The molecule has 0 atom stereocenters. The minimum atomic E-state index is -1.91. The fourth-order valence-corrected chi connectivity index (χ4v) is 3.89. The monoisotopic (exact) mass is 514 g/mol. The first-order valence-electron chi connectivity index (χ1n) is 11.8. The predicted molar refractivity (Wildman–Crippen MR) is 145 cm³/mol. The summed E-state index contributed by atoms with van der Waals surface area (Å²) in [4.78, 5) is 13.2.